The van der Waals surface area contributed by atoms with Gasteiger partial charge in [0.2, 0.25) is 0 Å². The van der Waals surface area contributed by atoms with E-state index in [-0.39, 0.29) is 16.1 Å². The van der Waals surface area contributed by atoms with Gasteiger partial charge in [-0.3, -0.25) is 0 Å². The summed E-state index contributed by atoms with van der Waals surface area (Å²) in [5, 5.41) is 10.5. The van der Waals surface area contributed by atoms with Crippen LogP contribution >= 0.6 is 23.2 Å². The first-order valence-corrected chi connectivity index (χ1v) is 7.37. The van der Waals surface area contributed by atoms with Crippen LogP contribution in [0.3, 0.4) is 0 Å². The van der Waals surface area contributed by atoms with Crippen LogP contribution in [0, 0.1) is 5.41 Å². The molecule has 0 aliphatic heterocycles. The molecule has 0 bridgehead atoms. The van der Waals surface area contributed by atoms with Crippen molar-refractivity contribution in [1.29, 1.82) is 0 Å². The highest BCUT2D eigenvalue weighted by molar-refractivity contribution is 6.32. The molecule has 0 amide bonds. The third-order valence-corrected chi connectivity index (χ3v) is 3.56. The molecular weight excluding hydrogens is 327 g/mol. The van der Waals surface area contributed by atoms with E-state index in [0.717, 1.165) is 0 Å². The van der Waals surface area contributed by atoms with Crippen molar-refractivity contribution in [1.82, 2.24) is 9.55 Å². The Labute approximate surface area is 138 Å². The third kappa shape index (κ3) is 4.22. The SMILES string of the molecule is CC(C)(Cn1cccc1)C(O)C(=O)Oc1cc(Cl)nc(Cl)c1. The van der Waals surface area contributed by atoms with Crippen LogP contribution in [-0.4, -0.2) is 26.7 Å². The van der Waals surface area contributed by atoms with E-state index in [0.29, 0.717) is 6.54 Å². The van der Waals surface area contributed by atoms with Crippen LogP contribution in [0.15, 0.2) is 36.7 Å². The molecule has 0 saturated heterocycles. The monoisotopic (exact) mass is 342 g/mol. The first-order valence-electron chi connectivity index (χ1n) is 6.61. The van der Waals surface area contributed by atoms with Gasteiger partial charge in [-0.15, -0.1) is 0 Å². The summed E-state index contributed by atoms with van der Waals surface area (Å²) in [6.07, 6.45) is 2.42. The standard InChI is InChI=1S/C15H16Cl2N2O3/c1-15(2,9-19-5-3-4-6-19)13(20)14(21)22-10-7-11(16)18-12(17)8-10/h3-8,13,20H,9H2,1-2H3. The maximum atomic E-state index is 12.1. The molecule has 22 heavy (non-hydrogen) atoms. The average molecular weight is 343 g/mol. The molecule has 2 heterocycles. The molecule has 1 N–H and O–H groups in total. The lowest BCUT2D eigenvalue weighted by molar-refractivity contribution is -0.150. The predicted molar refractivity (Wildman–Crippen MR) is 84.1 cm³/mol. The molecule has 2 aromatic rings. The molecule has 5 nitrogen and oxygen atoms in total. The van der Waals surface area contributed by atoms with Gasteiger partial charge in [0, 0.05) is 36.5 Å². The summed E-state index contributed by atoms with van der Waals surface area (Å²) in [6.45, 7) is 4.03. The zero-order valence-corrected chi connectivity index (χ0v) is 13.7. The highest BCUT2D eigenvalue weighted by Gasteiger charge is 2.35. The van der Waals surface area contributed by atoms with Crippen LogP contribution in [0.1, 0.15) is 13.8 Å². The fraction of sp³-hybridized carbons (Fsp3) is 0.333. The van der Waals surface area contributed by atoms with Gasteiger partial charge < -0.3 is 14.4 Å². The van der Waals surface area contributed by atoms with Crippen LogP contribution in [-0.2, 0) is 11.3 Å². The first-order chi connectivity index (χ1) is 10.3. The lowest BCUT2D eigenvalue weighted by atomic mass is 9.86. The Balaban J connectivity index is 2.07. The second kappa shape index (κ2) is 6.69. The molecule has 7 heteroatoms. The number of carbonyl (C=O) groups excluding carboxylic acids is 1. The smallest absolute Gasteiger partial charge is 0.340 e. The van der Waals surface area contributed by atoms with Gasteiger partial charge >= 0.3 is 5.97 Å². The quantitative estimate of drug-likeness (QED) is 0.669. The second-order valence-electron chi connectivity index (χ2n) is 5.62. The van der Waals surface area contributed by atoms with Crippen molar-refractivity contribution in [2.24, 2.45) is 5.41 Å². The van der Waals surface area contributed by atoms with E-state index in [1.54, 1.807) is 13.8 Å². The lowest BCUT2D eigenvalue weighted by Crippen LogP contribution is -2.41. The van der Waals surface area contributed by atoms with E-state index in [1.165, 1.54) is 12.1 Å². The summed E-state index contributed by atoms with van der Waals surface area (Å²) >= 11 is 11.5. The van der Waals surface area contributed by atoms with Crippen molar-refractivity contribution in [2.75, 3.05) is 0 Å². The predicted octanol–water partition coefficient (Wildman–Crippen LogP) is 3.18. The number of aromatic nitrogens is 2. The number of pyridine rings is 1. The number of nitrogens with zero attached hydrogens (tertiary/aromatic N) is 2. The molecule has 0 fully saturated rings. The van der Waals surface area contributed by atoms with Crippen molar-refractivity contribution in [3.05, 3.63) is 47.0 Å². The first kappa shape index (κ1) is 16.8. The molecular formula is C15H16Cl2N2O3. The van der Waals surface area contributed by atoms with E-state index >= 15 is 0 Å². The van der Waals surface area contributed by atoms with Crippen LogP contribution < -0.4 is 4.74 Å². The molecule has 118 valence electrons. The van der Waals surface area contributed by atoms with Gasteiger partial charge in [0.15, 0.2) is 6.10 Å². The minimum absolute atomic E-state index is 0.108. The van der Waals surface area contributed by atoms with Gasteiger partial charge in [0.1, 0.15) is 16.1 Å². The molecule has 0 aromatic carbocycles. The van der Waals surface area contributed by atoms with Crippen LogP contribution in [0.2, 0.25) is 10.3 Å². The van der Waals surface area contributed by atoms with Gasteiger partial charge in [0.25, 0.3) is 0 Å². The molecule has 1 atom stereocenters. The zero-order valence-electron chi connectivity index (χ0n) is 12.2. The molecule has 2 aromatic heterocycles. The number of ether oxygens (including phenoxy) is 1. The number of esters is 1. The Bertz CT molecular complexity index is 637. The fourth-order valence-corrected chi connectivity index (χ4v) is 2.47. The van der Waals surface area contributed by atoms with Crippen molar-refractivity contribution in [3.8, 4) is 5.75 Å². The molecule has 1 unspecified atom stereocenters. The second-order valence-corrected chi connectivity index (χ2v) is 6.39. The third-order valence-electron chi connectivity index (χ3n) is 3.17. The number of halogens is 2. The van der Waals surface area contributed by atoms with E-state index in [9.17, 15) is 9.90 Å². The molecule has 0 spiro atoms. The summed E-state index contributed by atoms with van der Waals surface area (Å²) in [5.41, 5.74) is -0.712. The van der Waals surface area contributed by atoms with Crippen molar-refractivity contribution >= 4 is 29.2 Å². The van der Waals surface area contributed by atoms with Gasteiger partial charge in [-0.1, -0.05) is 37.0 Å². The minimum Gasteiger partial charge on any atom is -0.424 e. The summed E-state index contributed by atoms with van der Waals surface area (Å²) < 4.78 is 7.02. The lowest BCUT2D eigenvalue weighted by Gasteiger charge is -2.29. The van der Waals surface area contributed by atoms with Gasteiger partial charge in [0.05, 0.1) is 0 Å². The van der Waals surface area contributed by atoms with Crippen LogP contribution in [0.25, 0.3) is 0 Å². The van der Waals surface area contributed by atoms with Gasteiger partial charge in [-0.25, -0.2) is 9.78 Å². The average Bonchev–Trinajstić information content (AvgIpc) is 2.88. The Morgan fingerprint density at radius 1 is 1.32 bits per heavy atom. The van der Waals surface area contributed by atoms with Gasteiger partial charge in [-0.05, 0) is 12.1 Å². The van der Waals surface area contributed by atoms with Crippen molar-refractivity contribution in [2.45, 2.75) is 26.5 Å². The molecule has 0 aliphatic rings. The highest BCUT2D eigenvalue weighted by atomic mass is 35.5. The Hall–Kier alpha value is -1.56. The van der Waals surface area contributed by atoms with Crippen LogP contribution in [0.4, 0.5) is 0 Å². The number of hydrogen-bond acceptors (Lipinski definition) is 4. The van der Waals surface area contributed by atoms with Crippen molar-refractivity contribution < 1.29 is 14.6 Å². The van der Waals surface area contributed by atoms with E-state index < -0.39 is 17.5 Å². The van der Waals surface area contributed by atoms with Crippen molar-refractivity contribution in [3.63, 3.8) is 0 Å². The Kier molecular flexibility index (Phi) is 5.11. The summed E-state index contributed by atoms with van der Waals surface area (Å²) in [7, 11) is 0. The van der Waals surface area contributed by atoms with E-state index in [1.807, 2.05) is 29.1 Å². The Morgan fingerprint density at radius 2 is 1.86 bits per heavy atom. The summed E-state index contributed by atoms with van der Waals surface area (Å²) in [6, 6.07) is 6.47. The number of aliphatic hydroxyl groups excluding tert-OH is 1. The number of aliphatic hydroxyl groups is 1. The zero-order chi connectivity index (χ0) is 16.3. The van der Waals surface area contributed by atoms with Crippen LogP contribution in [0.5, 0.6) is 5.75 Å². The number of carbonyl (C=O) groups is 1. The molecule has 0 aliphatic carbocycles. The normalized spacial score (nSPS) is 13.0. The maximum absolute atomic E-state index is 12.1. The number of hydrogen-bond donors (Lipinski definition) is 1. The highest BCUT2D eigenvalue weighted by Crippen LogP contribution is 2.26. The Morgan fingerprint density at radius 3 is 2.41 bits per heavy atom. The summed E-state index contributed by atoms with van der Waals surface area (Å²) in [5.74, 6) is -0.624. The molecule has 0 radical (unpaired) electrons. The number of rotatable bonds is 5. The van der Waals surface area contributed by atoms with E-state index in [2.05, 4.69) is 4.98 Å². The molecule has 0 saturated carbocycles. The summed E-state index contributed by atoms with van der Waals surface area (Å²) in [4.78, 5) is 15.9. The fourth-order valence-electron chi connectivity index (χ4n) is 2.03. The van der Waals surface area contributed by atoms with Gasteiger partial charge in [-0.2, -0.15) is 0 Å². The molecule has 2 rings (SSSR count). The maximum Gasteiger partial charge on any atom is 0.340 e. The largest absolute Gasteiger partial charge is 0.424 e. The minimum atomic E-state index is -1.30. The van der Waals surface area contributed by atoms with E-state index in [4.69, 9.17) is 27.9 Å². The topological polar surface area (TPSA) is 64.4 Å².